The van der Waals surface area contributed by atoms with E-state index in [0.717, 1.165) is 23.1 Å². The van der Waals surface area contributed by atoms with Gasteiger partial charge in [0.15, 0.2) is 11.2 Å². The standard InChI is InChI=1S/C20H23F3N4O5/c1-3-4-9-26-15-16(25(2)19(30)27(17(15)29)10-6-11-28)24-18(26)31-13-7-5-8-14(12-13)32-20(21,22)23/h5,7-8,12,28H,3-4,6,9-11H2,1-2H3. The van der Waals surface area contributed by atoms with Gasteiger partial charge >= 0.3 is 18.1 Å². The maximum atomic E-state index is 13.1. The maximum Gasteiger partial charge on any atom is 0.573 e. The fourth-order valence-corrected chi connectivity index (χ4v) is 3.22. The Bertz CT molecular complexity index is 1210. The summed E-state index contributed by atoms with van der Waals surface area (Å²) >= 11 is 0. The summed E-state index contributed by atoms with van der Waals surface area (Å²) in [5.41, 5.74) is -0.947. The second kappa shape index (κ2) is 9.47. The normalized spacial score (nSPS) is 11.8. The van der Waals surface area contributed by atoms with E-state index < -0.39 is 23.4 Å². The van der Waals surface area contributed by atoms with E-state index in [1.807, 2.05) is 6.92 Å². The fourth-order valence-electron chi connectivity index (χ4n) is 3.22. The van der Waals surface area contributed by atoms with Crippen molar-refractivity contribution in [2.45, 2.75) is 45.6 Å². The number of aryl methyl sites for hydroxylation is 2. The van der Waals surface area contributed by atoms with Gasteiger partial charge in [0.05, 0.1) is 0 Å². The Balaban J connectivity index is 2.12. The van der Waals surface area contributed by atoms with E-state index in [-0.39, 0.29) is 42.5 Å². The van der Waals surface area contributed by atoms with Crippen LogP contribution in [0, 0.1) is 0 Å². The number of aliphatic hydroxyl groups excluding tert-OH is 1. The molecule has 0 bridgehead atoms. The molecule has 1 aromatic carbocycles. The van der Waals surface area contributed by atoms with Crippen LogP contribution in [0.3, 0.4) is 0 Å². The highest BCUT2D eigenvalue weighted by Crippen LogP contribution is 2.29. The molecule has 0 fully saturated rings. The first-order valence-electron chi connectivity index (χ1n) is 10.0. The average molecular weight is 456 g/mol. The van der Waals surface area contributed by atoms with Gasteiger partial charge in [0.1, 0.15) is 11.5 Å². The Labute approximate surface area is 180 Å². The minimum atomic E-state index is -4.86. The molecule has 0 atom stereocenters. The molecule has 9 nitrogen and oxygen atoms in total. The minimum Gasteiger partial charge on any atom is -0.425 e. The van der Waals surface area contributed by atoms with Crippen molar-refractivity contribution in [3.05, 3.63) is 45.1 Å². The van der Waals surface area contributed by atoms with Crippen molar-refractivity contribution in [1.82, 2.24) is 18.7 Å². The highest BCUT2D eigenvalue weighted by atomic mass is 19.4. The van der Waals surface area contributed by atoms with Crippen LogP contribution in [0.2, 0.25) is 0 Å². The number of alkyl halides is 3. The summed E-state index contributed by atoms with van der Waals surface area (Å²) in [6.45, 7) is 2.14. The number of hydrogen-bond acceptors (Lipinski definition) is 6. The first-order chi connectivity index (χ1) is 15.2. The Morgan fingerprint density at radius 3 is 2.44 bits per heavy atom. The van der Waals surface area contributed by atoms with E-state index in [1.165, 1.54) is 28.3 Å². The molecule has 0 amide bonds. The minimum absolute atomic E-state index is 0.0189. The number of hydrogen-bond donors (Lipinski definition) is 1. The van der Waals surface area contributed by atoms with Crippen LogP contribution in [-0.4, -0.2) is 36.8 Å². The van der Waals surface area contributed by atoms with Crippen molar-refractivity contribution < 1.29 is 27.8 Å². The molecule has 0 aliphatic carbocycles. The first kappa shape index (κ1) is 23.4. The van der Waals surface area contributed by atoms with Gasteiger partial charge in [-0.15, -0.1) is 13.2 Å². The molecule has 0 spiro atoms. The molecular formula is C20H23F3N4O5. The van der Waals surface area contributed by atoms with Crippen LogP contribution in [0.4, 0.5) is 13.2 Å². The quantitative estimate of drug-likeness (QED) is 0.532. The summed E-state index contributed by atoms with van der Waals surface area (Å²) in [6, 6.07) is 4.89. The van der Waals surface area contributed by atoms with Gasteiger partial charge < -0.3 is 14.6 Å². The molecule has 174 valence electrons. The lowest BCUT2D eigenvalue weighted by atomic mass is 10.3. The molecule has 1 N–H and O–H groups in total. The molecule has 0 aliphatic rings. The lowest BCUT2D eigenvalue weighted by molar-refractivity contribution is -0.274. The molecule has 0 aliphatic heterocycles. The number of rotatable bonds is 9. The number of ether oxygens (including phenoxy) is 2. The molecule has 12 heteroatoms. The molecule has 0 saturated carbocycles. The fraction of sp³-hybridized carbons (Fsp3) is 0.450. The van der Waals surface area contributed by atoms with Gasteiger partial charge in [0.2, 0.25) is 0 Å². The molecular weight excluding hydrogens is 433 g/mol. The molecule has 2 aromatic heterocycles. The van der Waals surface area contributed by atoms with Gasteiger partial charge in [-0.05, 0) is 25.0 Å². The third-order valence-corrected chi connectivity index (χ3v) is 4.72. The summed E-state index contributed by atoms with van der Waals surface area (Å²) in [5.74, 6) is -0.449. The van der Waals surface area contributed by atoms with Crippen molar-refractivity contribution in [2.75, 3.05) is 6.61 Å². The zero-order valence-electron chi connectivity index (χ0n) is 17.6. The summed E-state index contributed by atoms with van der Waals surface area (Å²) in [6.07, 6.45) is -3.18. The number of aliphatic hydroxyl groups is 1. The number of aromatic nitrogens is 4. The van der Waals surface area contributed by atoms with Crippen LogP contribution >= 0.6 is 0 Å². The molecule has 2 heterocycles. The second-order valence-electron chi connectivity index (χ2n) is 7.07. The molecule has 0 saturated heterocycles. The molecule has 0 unspecified atom stereocenters. The van der Waals surface area contributed by atoms with E-state index >= 15 is 0 Å². The van der Waals surface area contributed by atoms with E-state index in [4.69, 9.17) is 9.84 Å². The summed E-state index contributed by atoms with van der Waals surface area (Å²) in [7, 11) is 1.46. The Kier molecular flexibility index (Phi) is 6.92. The third-order valence-electron chi connectivity index (χ3n) is 4.72. The first-order valence-corrected chi connectivity index (χ1v) is 10.0. The number of nitrogens with zero attached hydrogens (tertiary/aromatic N) is 4. The second-order valence-corrected chi connectivity index (χ2v) is 7.07. The van der Waals surface area contributed by atoms with Crippen molar-refractivity contribution in [3.8, 4) is 17.5 Å². The zero-order chi connectivity index (χ0) is 23.5. The monoisotopic (exact) mass is 456 g/mol. The SMILES string of the molecule is CCCCn1c(Oc2cccc(OC(F)(F)F)c2)nc2c1c(=O)n(CCCO)c(=O)n2C. The van der Waals surface area contributed by atoms with Gasteiger partial charge in [-0.2, -0.15) is 4.98 Å². The maximum absolute atomic E-state index is 13.1. The van der Waals surface area contributed by atoms with Crippen LogP contribution in [0.5, 0.6) is 17.5 Å². The lowest BCUT2D eigenvalue weighted by Crippen LogP contribution is -2.39. The van der Waals surface area contributed by atoms with Crippen molar-refractivity contribution >= 4 is 11.2 Å². The molecule has 32 heavy (non-hydrogen) atoms. The number of imidazole rings is 1. The molecule has 3 aromatic rings. The van der Waals surface area contributed by atoms with Gasteiger partial charge in [-0.25, -0.2) is 4.79 Å². The summed E-state index contributed by atoms with van der Waals surface area (Å²) in [5, 5.41) is 9.08. The zero-order valence-corrected chi connectivity index (χ0v) is 17.6. The number of halogens is 3. The van der Waals surface area contributed by atoms with Gasteiger partial charge in [-0.3, -0.25) is 18.5 Å². The van der Waals surface area contributed by atoms with Crippen LogP contribution in [0.25, 0.3) is 11.2 Å². The van der Waals surface area contributed by atoms with Crippen LogP contribution in [-0.2, 0) is 20.1 Å². The topological polar surface area (TPSA) is 101 Å². The van der Waals surface area contributed by atoms with Gasteiger partial charge in [-0.1, -0.05) is 19.4 Å². The largest absolute Gasteiger partial charge is 0.573 e. The van der Waals surface area contributed by atoms with Crippen LogP contribution in [0.15, 0.2) is 33.9 Å². The Hall–Kier alpha value is -3.28. The van der Waals surface area contributed by atoms with Crippen molar-refractivity contribution in [3.63, 3.8) is 0 Å². The number of unbranched alkanes of at least 4 members (excludes halogenated alkanes) is 1. The highest BCUT2D eigenvalue weighted by molar-refractivity contribution is 5.72. The average Bonchev–Trinajstić information content (AvgIpc) is 3.08. The van der Waals surface area contributed by atoms with Crippen LogP contribution in [0.1, 0.15) is 26.2 Å². The summed E-state index contributed by atoms with van der Waals surface area (Å²) in [4.78, 5) is 30.0. The van der Waals surface area contributed by atoms with E-state index in [1.54, 1.807) is 0 Å². The Morgan fingerprint density at radius 1 is 1.09 bits per heavy atom. The summed E-state index contributed by atoms with van der Waals surface area (Å²) < 4.78 is 51.0. The predicted molar refractivity (Wildman–Crippen MR) is 109 cm³/mol. The third kappa shape index (κ3) is 4.96. The lowest BCUT2D eigenvalue weighted by Gasteiger charge is -2.12. The van der Waals surface area contributed by atoms with Gasteiger partial charge in [0, 0.05) is 32.8 Å². The van der Waals surface area contributed by atoms with Crippen molar-refractivity contribution in [2.24, 2.45) is 7.05 Å². The predicted octanol–water partition coefficient (Wildman–Crippen LogP) is 2.77. The smallest absolute Gasteiger partial charge is 0.425 e. The number of fused-ring (bicyclic) bond motifs is 1. The van der Waals surface area contributed by atoms with Crippen molar-refractivity contribution in [1.29, 1.82) is 0 Å². The van der Waals surface area contributed by atoms with E-state index in [2.05, 4.69) is 9.72 Å². The van der Waals surface area contributed by atoms with E-state index in [9.17, 15) is 22.8 Å². The van der Waals surface area contributed by atoms with E-state index in [0.29, 0.717) is 13.0 Å². The molecule has 3 rings (SSSR count). The number of benzene rings is 1. The highest BCUT2D eigenvalue weighted by Gasteiger charge is 2.31. The van der Waals surface area contributed by atoms with Gasteiger partial charge in [0.25, 0.3) is 5.56 Å². The molecule has 0 radical (unpaired) electrons. The van der Waals surface area contributed by atoms with Crippen LogP contribution < -0.4 is 20.7 Å². The Morgan fingerprint density at radius 2 is 1.78 bits per heavy atom.